The Kier molecular flexibility index (Phi) is 10.7. The lowest BCUT2D eigenvalue weighted by Gasteiger charge is -2.28. The van der Waals surface area contributed by atoms with Gasteiger partial charge in [-0.15, -0.1) is 5.10 Å². The molecule has 0 bridgehead atoms. The Morgan fingerprint density at radius 1 is 0.525 bits per heavy atom. The summed E-state index contributed by atoms with van der Waals surface area (Å²) in [6.07, 6.45) is 10.7. The maximum Gasteiger partial charge on any atom is 0.0865 e. The Bertz CT molecular complexity index is 2740. The Morgan fingerprint density at radius 2 is 1.02 bits per heavy atom. The van der Waals surface area contributed by atoms with E-state index in [1.165, 1.54) is 116 Å². The van der Waals surface area contributed by atoms with Crippen molar-refractivity contribution in [1.29, 1.82) is 0 Å². The first-order chi connectivity index (χ1) is 29.5. The van der Waals surface area contributed by atoms with Crippen molar-refractivity contribution in [2.75, 3.05) is 6.54 Å². The van der Waals surface area contributed by atoms with E-state index in [2.05, 4.69) is 134 Å². The van der Waals surface area contributed by atoms with Gasteiger partial charge in [-0.1, -0.05) is 83.2 Å². The Labute approximate surface area is 361 Å². The fraction of sp³-hybridized carbons (Fsp3) is 0.453. The van der Waals surface area contributed by atoms with E-state index in [0.717, 1.165) is 55.8 Å². The summed E-state index contributed by atoms with van der Waals surface area (Å²) in [6.45, 7) is 17.8. The van der Waals surface area contributed by atoms with Crippen molar-refractivity contribution in [2.45, 2.75) is 142 Å². The monoisotopic (exact) mass is 811 g/mol. The standard InChI is InChI=1S/C18H20N4.C18H22N2.C17H20N2/c1-11(2)12-4-5-13-6-14-7-15(18-10-22(3)21-20-18)9-17(14)19-16(13)8-12;1-12(2)13-3-4-14-9-15-7-8-20(16-5-6-16)11-18(15)19-17(14)10-13;1-11(2)12-3-4-13-7-14-9-19(15-5-6-15)10-17(14)18-16(13)8-12/h4-6,8,10-11,15H,7,9H2,1-3H3;3-4,9-10,12,16H,5-8,11H2,1-2H3;3-4,7-8,11,15H,5-6,9-10H2,1-2H3/t15-;;/m1../s1. The average Bonchev–Trinajstić information content (AvgIpc) is 4.17. The lowest BCUT2D eigenvalue weighted by Crippen LogP contribution is -2.32. The molecule has 2 aliphatic heterocycles. The normalized spacial score (nSPS) is 18.7. The molecule has 0 amide bonds. The van der Waals surface area contributed by atoms with Crippen molar-refractivity contribution in [3.8, 4) is 0 Å². The van der Waals surface area contributed by atoms with Gasteiger partial charge in [0.2, 0.25) is 0 Å². The van der Waals surface area contributed by atoms with E-state index >= 15 is 0 Å². The van der Waals surface area contributed by atoms with Gasteiger partial charge in [0.1, 0.15) is 0 Å². The molecule has 8 heteroatoms. The van der Waals surface area contributed by atoms with Gasteiger partial charge in [-0.3, -0.25) is 29.4 Å². The highest BCUT2D eigenvalue weighted by molar-refractivity contribution is 5.82. The quantitative estimate of drug-likeness (QED) is 0.166. The van der Waals surface area contributed by atoms with E-state index in [-0.39, 0.29) is 0 Å². The average molecular weight is 811 g/mol. The van der Waals surface area contributed by atoms with Crippen molar-refractivity contribution in [3.63, 3.8) is 0 Å². The minimum Gasteiger partial charge on any atom is -0.294 e. The first-order valence-corrected chi connectivity index (χ1v) is 23.1. The molecular formula is C53H62N8. The number of nitrogens with zero attached hydrogens (tertiary/aromatic N) is 8. The van der Waals surface area contributed by atoms with Gasteiger partial charge in [0.25, 0.3) is 0 Å². The number of rotatable bonds is 6. The van der Waals surface area contributed by atoms with Crippen LogP contribution in [0.3, 0.4) is 0 Å². The second-order valence-electron chi connectivity index (χ2n) is 19.6. The molecule has 4 aromatic heterocycles. The summed E-state index contributed by atoms with van der Waals surface area (Å²) in [5, 5.41) is 12.2. The van der Waals surface area contributed by atoms with Crippen molar-refractivity contribution in [3.05, 3.63) is 135 Å². The van der Waals surface area contributed by atoms with Crippen molar-refractivity contribution in [1.82, 2.24) is 39.7 Å². The molecular weight excluding hydrogens is 749 g/mol. The molecule has 61 heavy (non-hydrogen) atoms. The molecule has 2 fully saturated rings. The van der Waals surface area contributed by atoms with Gasteiger partial charge >= 0.3 is 0 Å². The van der Waals surface area contributed by atoms with E-state index in [9.17, 15) is 0 Å². The van der Waals surface area contributed by atoms with Gasteiger partial charge in [0.05, 0.1) is 33.6 Å². The topological polar surface area (TPSA) is 75.9 Å². The third-order valence-corrected chi connectivity index (χ3v) is 13.8. The molecule has 0 spiro atoms. The fourth-order valence-electron chi connectivity index (χ4n) is 9.65. The van der Waals surface area contributed by atoms with Crippen LogP contribution < -0.4 is 0 Å². The third-order valence-electron chi connectivity index (χ3n) is 13.8. The van der Waals surface area contributed by atoms with Gasteiger partial charge < -0.3 is 0 Å². The van der Waals surface area contributed by atoms with E-state index < -0.39 is 0 Å². The van der Waals surface area contributed by atoms with Gasteiger partial charge in [0, 0.05) is 79.3 Å². The van der Waals surface area contributed by atoms with Crippen LogP contribution in [-0.4, -0.2) is 58.4 Å². The van der Waals surface area contributed by atoms with Gasteiger partial charge in [-0.2, -0.15) is 0 Å². The zero-order chi connectivity index (χ0) is 41.9. The van der Waals surface area contributed by atoms with Crippen molar-refractivity contribution < 1.29 is 0 Å². The Hall–Kier alpha value is -5.05. The van der Waals surface area contributed by atoms with Crippen LogP contribution in [0.1, 0.15) is 147 Å². The molecule has 314 valence electrons. The summed E-state index contributed by atoms with van der Waals surface area (Å²) in [7, 11) is 1.92. The maximum absolute atomic E-state index is 4.98. The number of benzene rings is 3. The minimum atomic E-state index is 0.414. The van der Waals surface area contributed by atoms with Crippen LogP contribution in [0.2, 0.25) is 0 Å². The number of hydrogen-bond donors (Lipinski definition) is 0. The first-order valence-electron chi connectivity index (χ1n) is 23.1. The molecule has 0 unspecified atom stereocenters. The largest absolute Gasteiger partial charge is 0.294 e. The zero-order valence-corrected chi connectivity index (χ0v) is 37.3. The molecule has 3 aromatic carbocycles. The van der Waals surface area contributed by atoms with Crippen LogP contribution in [0.4, 0.5) is 0 Å². The zero-order valence-electron chi connectivity index (χ0n) is 37.3. The molecule has 0 N–H and O–H groups in total. The van der Waals surface area contributed by atoms with Gasteiger partial charge in [-0.05, 0) is 132 Å². The lowest BCUT2D eigenvalue weighted by atomic mass is 9.98. The summed E-state index contributed by atoms with van der Waals surface area (Å²) in [6, 6.07) is 28.9. The SMILES string of the molecule is CC(C)c1ccc2cc3c(nc2c1)CN(C1CC1)C3.CC(C)c1ccc2cc3c(nc2c1)CN(C1CC1)CC3.CC(C)c1ccc2cc3c(nc2c1)C[C@H](c1cn(C)nn1)C3. The van der Waals surface area contributed by atoms with Gasteiger partial charge in [0.15, 0.2) is 0 Å². The fourth-order valence-corrected chi connectivity index (χ4v) is 9.65. The number of hydrogen-bond acceptors (Lipinski definition) is 7. The highest BCUT2D eigenvalue weighted by Crippen LogP contribution is 2.37. The summed E-state index contributed by atoms with van der Waals surface area (Å²) >= 11 is 0. The van der Waals surface area contributed by atoms with Crippen LogP contribution >= 0.6 is 0 Å². The molecule has 1 atom stereocenters. The highest BCUT2D eigenvalue weighted by Gasteiger charge is 2.34. The predicted octanol–water partition coefficient (Wildman–Crippen LogP) is 11.1. The van der Waals surface area contributed by atoms with Crippen LogP contribution in [0.25, 0.3) is 32.7 Å². The number of aryl methyl sites for hydroxylation is 1. The van der Waals surface area contributed by atoms with E-state index in [1.54, 1.807) is 4.68 Å². The Balaban J connectivity index is 0.000000110. The summed E-state index contributed by atoms with van der Waals surface area (Å²) in [5.74, 6) is 2.09. The van der Waals surface area contributed by atoms with Crippen LogP contribution in [0.5, 0.6) is 0 Å². The first kappa shape index (κ1) is 40.0. The second kappa shape index (κ2) is 16.3. The molecule has 12 rings (SSSR count). The number of fused-ring (bicyclic) bond motifs is 6. The molecule has 8 nitrogen and oxygen atoms in total. The van der Waals surface area contributed by atoms with Gasteiger partial charge in [-0.25, -0.2) is 0 Å². The van der Waals surface area contributed by atoms with E-state index in [0.29, 0.717) is 23.7 Å². The minimum absolute atomic E-state index is 0.414. The molecule has 7 aromatic rings. The number of aromatic nitrogens is 6. The van der Waals surface area contributed by atoms with Crippen LogP contribution in [-0.2, 0) is 45.9 Å². The third kappa shape index (κ3) is 8.59. The molecule has 0 saturated heterocycles. The second-order valence-corrected chi connectivity index (χ2v) is 19.6. The van der Waals surface area contributed by atoms with Crippen LogP contribution in [0, 0.1) is 0 Å². The summed E-state index contributed by atoms with van der Waals surface area (Å²) in [4.78, 5) is 20.0. The Morgan fingerprint density at radius 3 is 1.54 bits per heavy atom. The smallest absolute Gasteiger partial charge is 0.0865 e. The van der Waals surface area contributed by atoms with Crippen molar-refractivity contribution in [2.24, 2.45) is 7.05 Å². The molecule has 6 heterocycles. The van der Waals surface area contributed by atoms with E-state index in [1.807, 2.05) is 13.2 Å². The van der Waals surface area contributed by atoms with Crippen molar-refractivity contribution >= 4 is 32.7 Å². The van der Waals surface area contributed by atoms with Crippen LogP contribution in [0.15, 0.2) is 79.0 Å². The predicted molar refractivity (Wildman–Crippen MR) is 248 cm³/mol. The summed E-state index contributed by atoms with van der Waals surface area (Å²) in [5.41, 5.74) is 16.8. The maximum atomic E-state index is 4.98. The molecule has 2 saturated carbocycles. The van der Waals surface area contributed by atoms with E-state index in [4.69, 9.17) is 15.0 Å². The molecule has 3 aliphatic carbocycles. The summed E-state index contributed by atoms with van der Waals surface area (Å²) < 4.78 is 1.77. The lowest BCUT2D eigenvalue weighted by molar-refractivity contribution is 0.240. The highest BCUT2D eigenvalue weighted by atomic mass is 15.4. The number of pyridine rings is 3. The molecule has 0 radical (unpaired) electrons. The molecule has 5 aliphatic rings.